The maximum absolute atomic E-state index is 12.5. The van der Waals surface area contributed by atoms with Gasteiger partial charge in [0.2, 0.25) is 5.91 Å². The molecule has 1 N–H and O–H groups in total. The molecule has 1 aromatic rings. The third-order valence-corrected chi connectivity index (χ3v) is 5.48. The van der Waals surface area contributed by atoms with Crippen LogP contribution in [0.1, 0.15) is 13.8 Å². The van der Waals surface area contributed by atoms with Crippen molar-refractivity contribution in [2.45, 2.75) is 24.8 Å². The van der Waals surface area contributed by atoms with Crippen LogP contribution in [0.3, 0.4) is 0 Å². The topological polar surface area (TPSA) is 69.7 Å². The zero-order valence-corrected chi connectivity index (χ0v) is 14.8. The molecule has 1 atom stereocenters. The molecule has 2 rings (SSSR count). The number of anilines is 1. The minimum atomic E-state index is -3.38. The maximum Gasteiger partial charge on any atom is 0.241 e. The van der Waals surface area contributed by atoms with E-state index in [1.807, 2.05) is 6.92 Å². The average Bonchev–Trinajstić information content (AvgIpc) is 2.53. The highest BCUT2D eigenvalue weighted by atomic mass is 32.2. The number of hydrogen-bond acceptors (Lipinski definition) is 5. The van der Waals surface area contributed by atoms with Gasteiger partial charge in [0, 0.05) is 32.4 Å². The third-order valence-electron chi connectivity index (χ3n) is 4.33. The molecule has 0 aromatic heterocycles. The molecule has 1 heterocycles. The van der Waals surface area contributed by atoms with Crippen molar-refractivity contribution in [3.05, 3.63) is 24.3 Å². The van der Waals surface area contributed by atoms with E-state index in [2.05, 4.69) is 22.0 Å². The SMILES string of the molecule is CCN1CCN(C(C)C(=O)Nc2ccccc2S(C)(=O)=O)CC1. The summed E-state index contributed by atoms with van der Waals surface area (Å²) in [6, 6.07) is 6.21. The van der Waals surface area contributed by atoms with Crippen LogP contribution in [0, 0.1) is 0 Å². The summed E-state index contributed by atoms with van der Waals surface area (Å²) in [6.07, 6.45) is 1.14. The lowest BCUT2D eigenvalue weighted by Crippen LogP contribution is -2.52. The lowest BCUT2D eigenvalue weighted by molar-refractivity contribution is -0.121. The second-order valence-corrected chi connectivity index (χ2v) is 7.89. The van der Waals surface area contributed by atoms with Gasteiger partial charge in [0.1, 0.15) is 0 Å². The van der Waals surface area contributed by atoms with Gasteiger partial charge in [-0.25, -0.2) is 8.42 Å². The van der Waals surface area contributed by atoms with Crippen molar-refractivity contribution in [2.75, 3.05) is 44.3 Å². The van der Waals surface area contributed by atoms with Gasteiger partial charge in [0.15, 0.2) is 9.84 Å². The first-order chi connectivity index (χ1) is 10.8. The Balaban J connectivity index is 2.05. The lowest BCUT2D eigenvalue weighted by atomic mass is 10.2. The summed E-state index contributed by atoms with van der Waals surface area (Å²) in [5, 5.41) is 2.77. The standard InChI is InChI=1S/C16H25N3O3S/c1-4-18-9-11-19(12-10-18)13(2)16(20)17-14-7-5-6-8-15(14)23(3,21)22/h5-8,13H,4,9-12H2,1-3H3,(H,17,20). The molecule has 1 aromatic carbocycles. The molecule has 7 heteroatoms. The van der Waals surface area contributed by atoms with Crippen LogP contribution in [0.25, 0.3) is 0 Å². The molecule has 0 radical (unpaired) electrons. The van der Waals surface area contributed by atoms with Gasteiger partial charge in [-0.2, -0.15) is 0 Å². The number of sulfone groups is 1. The zero-order chi connectivity index (χ0) is 17.0. The number of rotatable bonds is 5. The van der Waals surface area contributed by atoms with Gasteiger partial charge in [-0.3, -0.25) is 9.69 Å². The van der Waals surface area contributed by atoms with Crippen molar-refractivity contribution in [2.24, 2.45) is 0 Å². The molecule has 6 nitrogen and oxygen atoms in total. The normalized spacial score (nSPS) is 18.6. The number of carbonyl (C=O) groups is 1. The molecular weight excluding hydrogens is 314 g/mol. The second-order valence-electron chi connectivity index (χ2n) is 5.90. The number of para-hydroxylation sites is 1. The predicted octanol–water partition coefficient (Wildman–Crippen LogP) is 1.05. The molecule has 23 heavy (non-hydrogen) atoms. The van der Waals surface area contributed by atoms with Crippen molar-refractivity contribution in [1.82, 2.24) is 9.80 Å². The molecule has 1 fully saturated rings. The first-order valence-electron chi connectivity index (χ1n) is 7.89. The Morgan fingerprint density at radius 1 is 1.22 bits per heavy atom. The lowest BCUT2D eigenvalue weighted by Gasteiger charge is -2.36. The summed E-state index contributed by atoms with van der Waals surface area (Å²) in [6.45, 7) is 8.61. The largest absolute Gasteiger partial charge is 0.324 e. The van der Waals surface area contributed by atoms with Gasteiger partial charge >= 0.3 is 0 Å². The molecule has 1 aliphatic rings. The fourth-order valence-electron chi connectivity index (χ4n) is 2.76. The summed E-state index contributed by atoms with van der Waals surface area (Å²) in [4.78, 5) is 17.1. The predicted molar refractivity (Wildman–Crippen MR) is 91.3 cm³/mol. The van der Waals surface area contributed by atoms with Crippen molar-refractivity contribution in [3.63, 3.8) is 0 Å². The van der Waals surface area contributed by atoms with E-state index in [-0.39, 0.29) is 16.8 Å². The molecule has 1 amide bonds. The van der Waals surface area contributed by atoms with Gasteiger partial charge in [0.25, 0.3) is 0 Å². The second kappa shape index (κ2) is 7.42. The molecule has 1 aliphatic heterocycles. The van der Waals surface area contributed by atoms with Crippen molar-refractivity contribution in [3.8, 4) is 0 Å². The van der Waals surface area contributed by atoms with Gasteiger partial charge in [-0.15, -0.1) is 0 Å². The van der Waals surface area contributed by atoms with Crippen LogP contribution >= 0.6 is 0 Å². The molecule has 1 unspecified atom stereocenters. The van der Waals surface area contributed by atoms with Crippen LogP contribution in [0.4, 0.5) is 5.69 Å². The average molecular weight is 339 g/mol. The Labute approximate surface area is 138 Å². The molecular formula is C16H25N3O3S. The molecule has 0 aliphatic carbocycles. The molecule has 1 saturated heterocycles. The van der Waals surface area contributed by atoms with Crippen LogP contribution < -0.4 is 5.32 Å². The molecule has 0 bridgehead atoms. The number of nitrogens with one attached hydrogen (secondary N) is 1. The number of hydrogen-bond donors (Lipinski definition) is 1. The minimum Gasteiger partial charge on any atom is -0.324 e. The van der Waals surface area contributed by atoms with Crippen molar-refractivity contribution in [1.29, 1.82) is 0 Å². The highest BCUT2D eigenvalue weighted by Gasteiger charge is 2.26. The van der Waals surface area contributed by atoms with E-state index >= 15 is 0 Å². The smallest absolute Gasteiger partial charge is 0.241 e. The highest BCUT2D eigenvalue weighted by molar-refractivity contribution is 7.90. The van der Waals surface area contributed by atoms with E-state index in [0.29, 0.717) is 5.69 Å². The third kappa shape index (κ3) is 4.53. The number of benzene rings is 1. The van der Waals surface area contributed by atoms with Gasteiger partial charge in [0.05, 0.1) is 16.6 Å². The fraction of sp³-hybridized carbons (Fsp3) is 0.562. The summed E-state index contributed by atoms with van der Waals surface area (Å²) in [5.74, 6) is -0.175. The Kier molecular flexibility index (Phi) is 5.78. The van der Waals surface area contributed by atoms with Crippen LogP contribution in [0.15, 0.2) is 29.2 Å². The molecule has 128 valence electrons. The Morgan fingerprint density at radius 3 is 2.39 bits per heavy atom. The van der Waals surface area contributed by atoms with Crippen LogP contribution in [0.5, 0.6) is 0 Å². The number of piperazine rings is 1. The monoisotopic (exact) mass is 339 g/mol. The fourth-order valence-corrected chi connectivity index (χ4v) is 3.61. The van der Waals surface area contributed by atoms with E-state index < -0.39 is 9.84 Å². The van der Waals surface area contributed by atoms with Crippen LogP contribution in [-0.4, -0.2) is 69.1 Å². The highest BCUT2D eigenvalue weighted by Crippen LogP contribution is 2.21. The van der Waals surface area contributed by atoms with E-state index in [1.54, 1.807) is 18.2 Å². The van der Waals surface area contributed by atoms with Crippen LogP contribution in [-0.2, 0) is 14.6 Å². The number of amides is 1. The van der Waals surface area contributed by atoms with E-state index in [9.17, 15) is 13.2 Å². The Bertz CT molecular complexity index is 652. The van der Waals surface area contributed by atoms with Gasteiger partial charge in [-0.1, -0.05) is 19.1 Å². The van der Waals surface area contributed by atoms with Crippen molar-refractivity contribution < 1.29 is 13.2 Å². The number of nitrogens with zero attached hydrogens (tertiary/aromatic N) is 2. The summed E-state index contributed by atoms with van der Waals surface area (Å²) < 4.78 is 23.6. The first-order valence-corrected chi connectivity index (χ1v) is 9.78. The maximum atomic E-state index is 12.5. The van der Waals surface area contributed by atoms with E-state index in [4.69, 9.17) is 0 Å². The summed E-state index contributed by atoms with van der Waals surface area (Å²) in [7, 11) is -3.38. The van der Waals surface area contributed by atoms with Crippen LogP contribution in [0.2, 0.25) is 0 Å². The van der Waals surface area contributed by atoms with E-state index in [0.717, 1.165) is 39.0 Å². The number of likely N-dealkylation sites (N-methyl/N-ethyl adjacent to an activating group) is 1. The quantitative estimate of drug-likeness (QED) is 0.868. The van der Waals surface area contributed by atoms with Gasteiger partial charge < -0.3 is 10.2 Å². The summed E-state index contributed by atoms with van der Waals surface area (Å²) >= 11 is 0. The minimum absolute atomic E-state index is 0.149. The Morgan fingerprint density at radius 2 is 1.83 bits per heavy atom. The Hall–Kier alpha value is -1.44. The number of carbonyl (C=O) groups excluding carboxylic acids is 1. The zero-order valence-electron chi connectivity index (χ0n) is 13.9. The molecule has 0 saturated carbocycles. The van der Waals surface area contributed by atoms with Gasteiger partial charge in [-0.05, 0) is 25.6 Å². The molecule has 0 spiro atoms. The van der Waals surface area contributed by atoms with Crippen molar-refractivity contribution >= 4 is 21.4 Å². The first kappa shape index (κ1) is 17.9. The summed E-state index contributed by atoms with van der Waals surface area (Å²) in [5.41, 5.74) is 0.346. The van der Waals surface area contributed by atoms with E-state index in [1.165, 1.54) is 6.07 Å².